The summed E-state index contributed by atoms with van der Waals surface area (Å²) in [7, 11) is 4.10. The summed E-state index contributed by atoms with van der Waals surface area (Å²) < 4.78 is 25.7. The molecular formula is C16H22O7. The van der Waals surface area contributed by atoms with E-state index in [-0.39, 0.29) is 23.7 Å². The largest absolute Gasteiger partial charge is 0.493 e. The molecule has 7 heteroatoms. The average Bonchev–Trinajstić information content (AvgIpc) is 2.49. The highest BCUT2D eigenvalue weighted by Gasteiger charge is 2.24. The zero-order valence-electron chi connectivity index (χ0n) is 14.2. The number of carbonyl (C=O) groups is 2. The summed E-state index contributed by atoms with van der Waals surface area (Å²) in [5.41, 5.74) is -0.516. The Bertz CT molecular complexity index is 573. The van der Waals surface area contributed by atoms with Crippen LogP contribution in [0.5, 0.6) is 17.2 Å². The fourth-order valence-electron chi connectivity index (χ4n) is 1.81. The van der Waals surface area contributed by atoms with Gasteiger partial charge in [0.05, 0.1) is 21.3 Å². The highest BCUT2D eigenvalue weighted by Crippen LogP contribution is 2.40. The molecule has 0 amide bonds. The first kappa shape index (κ1) is 18.6. The molecule has 1 rings (SSSR count). The lowest BCUT2D eigenvalue weighted by Gasteiger charge is -2.20. The summed E-state index contributed by atoms with van der Waals surface area (Å²) in [5, 5.41) is 0. The fraction of sp³-hybridized carbons (Fsp3) is 0.500. The second-order valence-corrected chi connectivity index (χ2v) is 5.54. The van der Waals surface area contributed by atoms with Gasteiger partial charge in [0.1, 0.15) is 11.2 Å². The third kappa shape index (κ3) is 5.05. The third-order valence-electron chi connectivity index (χ3n) is 2.66. The van der Waals surface area contributed by atoms with Gasteiger partial charge in [-0.2, -0.15) is 0 Å². The topological polar surface area (TPSA) is 80.3 Å². The first-order valence-electron chi connectivity index (χ1n) is 6.91. The molecule has 0 unspecified atom stereocenters. The van der Waals surface area contributed by atoms with Gasteiger partial charge in [0.25, 0.3) is 0 Å². The molecule has 0 bridgehead atoms. The predicted molar refractivity (Wildman–Crippen MR) is 82.2 cm³/mol. The molecule has 1 aromatic rings. The van der Waals surface area contributed by atoms with Crippen LogP contribution in [0.3, 0.4) is 0 Å². The molecule has 128 valence electrons. The first-order valence-corrected chi connectivity index (χ1v) is 6.91. The van der Waals surface area contributed by atoms with E-state index in [1.165, 1.54) is 27.4 Å². The van der Waals surface area contributed by atoms with Crippen LogP contribution in [0.1, 0.15) is 31.1 Å². The maximum Gasteiger partial charge on any atom is 0.344 e. The van der Waals surface area contributed by atoms with Gasteiger partial charge in [0.15, 0.2) is 18.1 Å². The zero-order valence-corrected chi connectivity index (χ0v) is 14.2. The van der Waals surface area contributed by atoms with E-state index >= 15 is 0 Å². The summed E-state index contributed by atoms with van der Waals surface area (Å²) in [6.07, 6.45) is 0. The molecule has 0 N–H and O–H groups in total. The summed E-state index contributed by atoms with van der Waals surface area (Å²) >= 11 is 0. The Hall–Kier alpha value is -2.44. The molecule has 23 heavy (non-hydrogen) atoms. The van der Waals surface area contributed by atoms with Gasteiger partial charge in [-0.25, -0.2) is 9.59 Å². The lowest BCUT2D eigenvalue weighted by molar-refractivity contribution is -0.157. The SMILES string of the molecule is COC(=O)c1ccc(OC)c(OC)c1OCC(=O)OC(C)(C)C. The molecule has 0 saturated carbocycles. The standard InChI is InChI=1S/C16H22O7/c1-16(2,3)23-12(17)9-22-13-10(15(18)21-6)7-8-11(19-4)14(13)20-5/h7-8H,9H2,1-6H3. The molecule has 0 fully saturated rings. The van der Waals surface area contributed by atoms with Crippen LogP contribution in [-0.4, -0.2) is 45.5 Å². The second-order valence-electron chi connectivity index (χ2n) is 5.54. The van der Waals surface area contributed by atoms with Crippen molar-refractivity contribution < 1.29 is 33.3 Å². The van der Waals surface area contributed by atoms with Gasteiger partial charge >= 0.3 is 11.9 Å². The van der Waals surface area contributed by atoms with Crippen molar-refractivity contribution in [3.63, 3.8) is 0 Å². The van der Waals surface area contributed by atoms with Gasteiger partial charge in [-0.15, -0.1) is 0 Å². The number of benzene rings is 1. The van der Waals surface area contributed by atoms with Crippen LogP contribution in [0.15, 0.2) is 12.1 Å². The average molecular weight is 326 g/mol. The third-order valence-corrected chi connectivity index (χ3v) is 2.66. The van der Waals surface area contributed by atoms with Gasteiger partial charge in [-0.3, -0.25) is 0 Å². The van der Waals surface area contributed by atoms with E-state index < -0.39 is 17.5 Å². The summed E-state index contributed by atoms with van der Waals surface area (Å²) in [6.45, 7) is 4.86. The lowest BCUT2D eigenvalue weighted by Crippen LogP contribution is -2.27. The van der Waals surface area contributed by atoms with Crippen LogP contribution < -0.4 is 14.2 Å². The second kappa shape index (κ2) is 7.71. The predicted octanol–water partition coefficient (Wildman–Crippen LogP) is 2.21. The fourth-order valence-corrected chi connectivity index (χ4v) is 1.81. The van der Waals surface area contributed by atoms with E-state index in [2.05, 4.69) is 0 Å². The van der Waals surface area contributed by atoms with Crippen molar-refractivity contribution in [2.45, 2.75) is 26.4 Å². The number of carbonyl (C=O) groups excluding carboxylic acids is 2. The smallest absolute Gasteiger partial charge is 0.344 e. The molecular weight excluding hydrogens is 304 g/mol. The maximum atomic E-state index is 11.9. The first-order chi connectivity index (χ1) is 10.7. The van der Waals surface area contributed by atoms with E-state index in [1.807, 2.05) is 0 Å². The Morgan fingerprint density at radius 1 is 1.00 bits per heavy atom. The number of rotatable bonds is 6. The van der Waals surface area contributed by atoms with E-state index in [4.69, 9.17) is 23.7 Å². The number of esters is 2. The summed E-state index contributed by atoms with van der Waals surface area (Å²) in [4.78, 5) is 23.7. The molecule has 0 radical (unpaired) electrons. The van der Waals surface area contributed by atoms with Crippen molar-refractivity contribution in [1.82, 2.24) is 0 Å². The van der Waals surface area contributed by atoms with Crippen molar-refractivity contribution in [3.05, 3.63) is 17.7 Å². The Labute approximate surface area is 135 Å². The molecule has 0 aromatic heterocycles. The van der Waals surface area contributed by atoms with Gasteiger partial charge in [-0.05, 0) is 32.9 Å². The number of hydrogen-bond acceptors (Lipinski definition) is 7. The van der Waals surface area contributed by atoms with Crippen LogP contribution in [0.2, 0.25) is 0 Å². The molecule has 7 nitrogen and oxygen atoms in total. The van der Waals surface area contributed by atoms with Crippen molar-refractivity contribution in [3.8, 4) is 17.2 Å². The van der Waals surface area contributed by atoms with Crippen LogP contribution >= 0.6 is 0 Å². The van der Waals surface area contributed by atoms with Gasteiger partial charge in [-0.1, -0.05) is 0 Å². The minimum atomic E-state index is -0.635. The van der Waals surface area contributed by atoms with E-state index in [9.17, 15) is 9.59 Å². The van der Waals surface area contributed by atoms with Crippen molar-refractivity contribution in [2.24, 2.45) is 0 Å². The van der Waals surface area contributed by atoms with E-state index in [0.29, 0.717) is 5.75 Å². The highest BCUT2D eigenvalue weighted by molar-refractivity contribution is 5.94. The molecule has 1 aromatic carbocycles. The minimum absolute atomic E-state index is 0.0598. The molecule has 0 heterocycles. The van der Waals surface area contributed by atoms with Crippen LogP contribution in [0.25, 0.3) is 0 Å². The summed E-state index contributed by atoms with van der Waals surface area (Å²) in [5.74, 6) is -0.578. The zero-order chi connectivity index (χ0) is 17.6. The molecule has 0 aliphatic heterocycles. The minimum Gasteiger partial charge on any atom is -0.493 e. The number of ether oxygens (including phenoxy) is 5. The van der Waals surface area contributed by atoms with Crippen LogP contribution in [0.4, 0.5) is 0 Å². The van der Waals surface area contributed by atoms with Crippen molar-refractivity contribution in [2.75, 3.05) is 27.9 Å². The number of methoxy groups -OCH3 is 3. The maximum absolute atomic E-state index is 11.9. The molecule has 0 spiro atoms. The van der Waals surface area contributed by atoms with E-state index in [0.717, 1.165) is 0 Å². The number of hydrogen-bond donors (Lipinski definition) is 0. The Balaban J connectivity index is 3.10. The Morgan fingerprint density at radius 2 is 1.65 bits per heavy atom. The van der Waals surface area contributed by atoms with Gasteiger partial charge < -0.3 is 23.7 Å². The monoisotopic (exact) mass is 326 g/mol. The van der Waals surface area contributed by atoms with Crippen LogP contribution in [0, 0.1) is 0 Å². The molecule has 0 aliphatic rings. The molecule has 0 aliphatic carbocycles. The van der Waals surface area contributed by atoms with Gasteiger partial charge in [0, 0.05) is 0 Å². The summed E-state index contributed by atoms with van der Waals surface area (Å²) in [6, 6.07) is 3.02. The van der Waals surface area contributed by atoms with Crippen molar-refractivity contribution >= 4 is 11.9 Å². The Kier molecular flexibility index (Phi) is 6.24. The van der Waals surface area contributed by atoms with Crippen molar-refractivity contribution in [1.29, 1.82) is 0 Å². The lowest BCUT2D eigenvalue weighted by atomic mass is 10.1. The van der Waals surface area contributed by atoms with Gasteiger partial charge in [0.2, 0.25) is 5.75 Å². The van der Waals surface area contributed by atoms with Crippen LogP contribution in [-0.2, 0) is 14.3 Å². The van der Waals surface area contributed by atoms with E-state index in [1.54, 1.807) is 26.8 Å². The highest BCUT2D eigenvalue weighted by atomic mass is 16.6. The Morgan fingerprint density at radius 3 is 2.13 bits per heavy atom. The quantitative estimate of drug-likeness (QED) is 0.741. The molecule has 0 saturated heterocycles. The normalized spacial score (nSPS) is 10.7. The molecule has 0 atom stereocenters.